The molecule has 2 aromatic rings. The summed E-state index contributed by atoms with van der Waals surface area (Å²) in [5.41, 5.74) is 2.48. The first kappa shape index (κ1) is 11.7. The molecule has 1 fully saturated rings. The Kier molecular flexibility index (Phi) is 3.08. The van der Waals surface area contributed by atoms with E-state index in [0.29, 0.717) is 6.04 Å². The van der Waals surface area contributed by atoms with Crippen LogP contribution in [0.15, 0.2) is 24.3 Å². The molecule has 1 N–H and O–H groups in total. The molecule has 1 aliphatic carbocycles. The van der Waals surface area contributed by atoms with Crippen LogP contribution in [-0.2, 0) is 13.5 Å². The second-order valence-corrected chi connectivity index (χ2v) is 5.36. The van der Waals surface area contributed by atoms with Crippen molar-refractivity contribution in [1.29, 1.82) is 0 Å². The van der Waals surface area contributed by atoms with E-state index in [9.17, 15) is 0 Å². The lowest BCUT2D eigenvalue weighted by Crippen LogP contribution is -2.27. The first-order valence-corrected chi connectivity index (χ1v) is 6.87. The van der Waals surface area contributed by atoms with Crippen LogP contribution in [0.3, 0.4) is 0 Å². The lowest BCUT2D eigenvalue weighted by molar-refractivity contribution is 0.468. The molecule has 0 bridgehead atoms. The fourth-order valence-corrected chi connectivity index (χ4v) is 2.88. The van der Waals surface area contributed by atoms with Gasteiger partial charge in [-0.15, -0.1) is 0 Å². The van der Waals surface area contributed by atoms with E-state index in [1.807, 2.05) is 11.7 Å². The average molecular weight is 243 g/mol. The van der Waals surface area contributed by atoms with Gasteiger partial charge in [-0.3, -0.25) is 4.68 Å². The van der Waals surface area contributed by atoms with E-state index < -0.39 is 0 Å². The summed E-state index contributed by atoms with van der Waals surface area (Å²) in [7, 11) is 4.11. The van der Waals surface area contributed by atoms with Gasteiger partial charge >= 0.3 is 0 Å². The van der Waals surface area contributed by atoms with Crippen LogP contribution in [0.2, 0.25) is 0 Å². The third-order valence-corrected chi connectivity index (χ3v) is 4.09. The molecule has 96 valence electrons. The molecule has 3 nitrogen and oxygen atoms in total. The van der Waals surface area contributed by atoms with Gasteiger partial charge in [-0.25, -0.2) is 0 Å². The van der Waals surface area contributed by atoms with Crippen LogP contribution < -0.4 is 5.32 Å². The van der Waals surface area contributed by atoms with Crippen molar-refractivity contribution in [3.63, 3.8) is 0 Å². The number of nitrogens with zero attached hydrogens (tertiary/aromatic N) is 2. The third kappa shape index (κ3) is 2.15. The molecule has 1 aromatic carbocycles. The zero-order valence-electron chi connectivity index (χ0n) is 11.2. The van der Waals surface area contributed by atoms with Crippen molar-refractivity contribution in [2.75, 3.05) is 7.05 Å². The highest BCUT2D eigenvalue weighted by Crippen LogP contribution is 2.34. The third-order valence-electron chi connectivity index (χ3n) is 4.09. The van der Waals surface area contributed by atoms with Gasteiger partial charge in [0.15, 0.2) is 0 Å². The molecule has 1 unspecified atom stereocenters. The minimum Gasteiger partial charge on any atom is -0.317 e. The monoisotopic (exact) mass is 243 g/mol. The number of aromatic nitrogens is 2. The zero-order chi connectivity index (χ0) is 12.5. The summed E-state index contributed by atoms with van der Waals surface area (Å²) in [6, 6.07) is 9.18. The SMILES string of the molecule is CNC(CCc1nn(C)c2ccccc12)C1CC1. The van der Waals surface area contributed by atoms with Crippen LogP contribution in [0.1, 0.15) is 25.0 Å². The molecule has 0 radical (unpaired) electrons. The maximum absolute atomic E-state index is 4.66. The summed E-state index contributed by atoms with van der Waals surface area (Å²) in [5, 5.41) is 9.43. The van der Waals surface area contributed by atoms with E-state index in [0.717, 1.165) is 12.3 Å². The number of nitrogens with one attached hydrogen (secondary N) is 1. The Morgan fingerprint density at radius 1 is 1.39 bits per heavy atom. The minimum atomic E-state index is 0.672. The lowest BCUT2D eigenvalue weighted by Gasteiger charge is -2.14. The van der Waals surface area contributed by atoms with E-state index in [4.69, 9.17) is 0 Å². The maximum Gasteiger partial charge on any atom is 0.0703 e. The molecule has 1 aliphatic rings. The van der Waals surface area contributed by atoms with Gasteiger partial charge in [-0.2, -0.15) is 5.10 Å². The first-order valence-electron chi connectivity index (χ1n) is 6.87. The van der Waals surface area contributed by atoms with E-state index in [2.05, 4.69) is 41.7 Å². The Morgan fingerprint density at radius 3 is 2.89 bits per heavy atom. The van der Waals surface area contributed by atoms with Crippen LogP contribution in [0.4, 0.5) is 0 Å². The Balaban J connectivity index is 1.77. The Hall–Kier alpha value is -1.35. The average Bonchev–Trinajstić information content (AvgIpc) is 3.18. The number of para-hydroxylation sites is 1. The quantitative estimate of drug-likeness (QED) is 0.874. The highest BCUT2D eigenvalue weighted by Gasteiger charge is 2.29. The predicted molar refractivity (Wildman–Crippen MR) is 74.6 cm³/mol. The van der Waals surface area contributed by atoms with E-state index in [1.165, 1.54) is 35.9 Å². The molecule has 3 heteroatoms. The molecule has 1 saturated carbocycles. The summed E-state index contributed by atoms with van der Waals surface area (Å²) in [6.45, 7) is 0. The standard InChI is InChI=1S/C15H21N3/c1-16-13(11-7-8-11)9-10-14-12-5-3-4-6-15(12)18(2)17-14/h3-6,11,13,16H,7-10H2,1-2H3. The normalized spacial score (nSPS) is 17.2. The highest BCUT2D eigenvalue weighted by atomic mass is 15.3. The molecular formula is C15H21N3. The molecule has 0 spiro atoms. The number of aryl methyl sites for hydroxylation is 2. The van der Waals surface area contributed by atoms with Crippen molar-refractivity contribution in [2.45, 2.75) is 31.7 Å². The molecule has 1 aromatic heterocycles. The van der Waals surface area contributed by atoms with E-state index in [1.54, 1.807) is 0 Å². The van der Waals surface area contributed by atoms with Gasteiger partial charge < -0.3 is 5.32 Å². The first-order chi connectivity index (χ1) is 8.79. The molecule has 1 heterocycles. The van der Waals surface area contributed by atoms with Crippen LogP contribution >= 0.6 is 0 Å². The van der Waals surface area contributed by atoms with Crippen molar-refractivity contribution < 1.29 is 0 Å². The van der Waals surface area contributed by atoms with Gasteiger partial charge in [0.2, 0.25) is 0 Å². The molecule has 0 amide bonds. The van der Waals surface area contributed by atoms with Crippen molar-refractivity contribution >= 4 is 10.9 Å². The predicted octanol–water partition coefficient (Wildman–Crippen LogP) is 2.50. The summed E-state index contributed by atoms with van der Waals surface area (Å²) in [5.74, 6) is 0.907. The largest absolute Gasteiger partial charge is 0.317 e. The van der Waals surface area contributed by atoms with Gasteiger partial charge in [0.1, 0.15) is 0 Å². The Labute approximate surface area is 108 Å². The molecule has 3 rings (SSSR count). The van der Waals surface area contributed by atoms with E-state index in [-0.39, 0.29) is 0 Å². The topological polar surface area (TPSA) is 29.9 Å². The van der Waals surface area contributed by atoms with Crippen molar-refractivity contribution in [2.24, 2.45) is 13.0 Å². The lowest BCUT2D eigenvalue weighted by atomic mass is 10.0. The summed E-state index contributed by atoms with van der Waals surface area (Å²) >= 11 is 0. The molecule has 18 heavy (non-hydrogen) atoms. The van der Waals surface area contributed by atoms with Gasteiger partial charge in [0.05, 0.1) is 11.2 Å². The van der Waals surface area contributed by atoms with Crippen LogP contribution in [0, 0.1) is 5.92 Å². The Morgan fingerprint density at radius 2 is 2.17 bits per heavy atom. The molecule has 0 aliphatic heterocycles. The van der Waals surface area contributed by atoms with Gasteiger partial charge in [0.25, 0.3) is 0 Å². The fraction of sp³-hybridized carbons (Fsp3) is 0.533. The maximum atomic E-state index is 4.66. The highest BCUT2D eigenvalue weighted by molar-refractivity contribution is 5.81. The van der Waals surface area contributed by atoms with Crippen LogP contribution in [0.5, 0.6) is 0 Å². The van der Waals surface area contributed by atoms with Crippen LogP contribution in [-0.4, -0.2) is 22.9 Å². The van der Waals surface area contributed by atoms with Gasteiger partial charge in [-0.1, -0.05) is 18.2 Å². The molecule has 1 atom stereocenters. The fourth-order valence-electron chi connectivity index (χ4n) is 2.88. The van der Waals surface area contributed by atoms with Gasteiger partial charge in [0, 0.05) is 18.5 Å². The second-order valence-electron chi connectivity index (χ2n) is 5.36. The van der Waals surface area contributed by atoms with Gasteiger partial charge in [-0.05, 0) is 44.7 Å². The second kappa shape index (κ2) is 4.73. The summed E-state index contributed by atoms with van der Waals surface area (Å²) < 4.78 is 2.00. The number of rotatable bonds is 5. The molecular weight excluding hydrogens is 222 g/mol. The van der Waals surface area contributed by atoms with Crippen LogP contribution in [0.25, 0.3) is 10.9 Å². The molecule has 0 saturated heterocycles. The number of fused-ring (bicyclic) bond motifs is 1. The van der Waals surface area contributed by atoms with Crippen molar-refractivity contribution in [3.05, 3.63) is 30.0 Å². The van der Waals surface area contributed by atoms with E-state index >= 15 is 0 Å². The van der Waals surface area contributed by atoms with Crippen molar-refractivity contribution in [3.8, 4) is 0 Å². The minimum absolute atomic E-state index is 0.672. The Bertz CT molecular complexity index is 540. The number of hydrogen-bond acceptors (Lipinski definition) is 2. The smallest absolute Gasteiger partial charge is 0.0703 e. The number of hydrogen-bond donors (Lipinski definition) is 1. The number of benzene rings is 1. The van der Waals surface area contributed by atoms with Crippen molar-refractivity contribution in [1.82, 2.24) is 15.1 Å². The summed E-state index contributed by atoms with van der Waals surface area (Å²) in [6.07, 6.45) is 5.06. The summed E-state index contributed by atoms with van der Waals surface area (Å²) in [4.78, 5) is 0. The zero-order valence-corrected chi connectivity index (χ0v) is 11.2.